The quantitative estimate of drug-likeness (QED) is 0.861. The van der Waals surface area contributed by atoms with E-state index >= 15 is 0 Å². The number of aromatic nitrogens is 2. The van der Waals surface area contributed by atoms with Gasteiger partial charge < -0.3 is 4.98 Å². The molecule has 0 aliphatic rings. The number of halogens is 1. The summed E-state index contributed by atoms with van der Waals surface area (Å²) in [5.74, 6) is 0. The van der Waals surface area contributed by atoms with Gasteiger partial charge in [-0.1, -0.05) is 6.07 Å². The van der Waals surface area contributed by atoms with Gasteiger partial charge in [0.25, 0.3) is 5.56 Å². The zero-order chi connectivity index (χ0) is 10.8. The van der Waals surface area contributed by atoms with Gasteiger partial charge in [0, 0.05) is 17.5 Å². The molecular weight excluding hydrogens is 256 g/mol. The van der Waals surface area contributed by atoms with Crippen molar-refractivity contribution >= 4 is 15.9 Å². The molecule has 0 aliphatic heterocycles. The van der Waals surface area contributed by atoms with Crippen molar-refractivity contribution in [3.63, 3.8) is 0 Å². The van der Waals surface area contributed by atoms with Crippen molar-refractivity contribution in [2.24, 2.45) is 0 Å². The maximum absolute atomic E-state index is 11.3. The maximum atomic E-state index is 11.3. The molecule has 1 N–H and O–H groups in total. The van der Waals surface area contributed by atoms with Crippen molar-refractivity contribution in [3.8, 4) is 11.3 Å². The van der Waals surface area contributed by atoms with Gasteiger partial charge in [-0.2, -0.15) is 0 Å². The van der Waals surface area contributed by atoms with E-state index < -0.39 is 0 Å². The zero-order valence-electron chi connectivity index (χ0n) is 8.12. The second kappa shape index (κ2) is 3.98. The molecule has 15 heavy (non-hydrogen) atoms. The highest BCUT2D eigenvalue weighted by atomic mass is 79.9. The van der Waals surface area contributed by atoms with Gasteiger partial charge in [0.1, 0.15) is 0 Å². The minimum Gasteiger partial charge on any atom is -0.325 e. The lowest BCUT2D eigenvalue weighted by Gasteiger charge is -2.04. The van der Waals surface area contributed by atoms with Crippen molar-refractivity contribution < 1.29 is 0 Å². The van der Waals surface area contributed by atoms with Gasteiger partial charge in [-0.25, -0.2) is 0 Å². The molecule has 4 heteroatoms. The van der Waals surface area contributed by atoms with Crippen LogP contribution in [0.25, 0.3) is 11.3 Å². The van der Waals surface area contributed by atoms with Crippen LogP contribution in [0, 0.1) is 6.92 Å². The molecule has 0 saturated heterocycles. The number of hydrogen-bond acceptors (Lipinski definition) is 2. The minimum atomic E-state index is -0.118. The molecule has 0 aliphatic carbocycles. The number of rotatable bonds is 1. The highest BCUT2D eigenvalue weighted by molar-refractivity contribution is 9.10. The van der Waals surface area contributed by atoms with Crippen molar-refractivity contribution in [2.45, 2.75) is 6.92 Å². The van der Waals surface area contributed by atoms with Gasteiger partial charge >= 0.3 is 0 Å². The summed E-state index contributed by atoms with van der Waals surface area (Å²) in [6.07, 6.45) is 1.73. The SMILES string of the molecule is Cc1[nH]c(=O)c(Br)cc1-c1ccccn1. The molecule has 0 radical (unpaired) electrons. The van der Waals surface area contributed by atoms with E-state index in [-0.39, 0.29) is 5.56 Å². The summed E-state index contributed by atoms with van der Waals surface area (Å²) in [7, 11) is 0. The molecule has 0 bridgehead atoms. The van der Waals surface area contributed by atoms with Crippen molar-refractivity contribution in [1.82, 2.24) is 9.97 Å². The Bertz CT molecular complexity index is 534. The average molecular weight is 265 g/mol. The fraction of sp³-hybridized carbons (Fsp3) is 0.0909. The third kappa shape index (κ3) is 1.99. The topological polar surface area (TPSA) is 45.8 Å². The molecule has 0 fully saturated rings. The first-order valence-corrected chi connectivity index (χ1v) is 5.28. The summed E-state index contributed by atoms with van der Waals surface area (Å²) in [5.41, 5.74) is 2.49. The average Bonchev–Trinajstić information content (AvgIpc) is 2.25. The Morgan fingerprint density at radius 3 is 2.87 bits per heavy atom. The lowest BCUT2D eigenvalue weighted by Crippen LogP contribution is -2.08. The largest absolute Gasteiger partial charge is 0.325 e. The third-order valence-electron chi connectivity index (χ3n) is 2.13. The summed E-state index contributed by atoms with van der Waals surface area (Å²) in [5, 5.41) is 0. The Morgan fingerprint density at radius 1 is 1.40 bits per heavy atom. The van der Waals surface area contributed by atoms with E-state index in [9.17, 15) is 4.79 Å². The van der Waals surface area contributed by atoms with E-state index in [1.54, 1.807) is 12.3 Å². The lowest BCUT2D eigenvalue weighted by atomic mass is 10.1. The summed E-state index contributed by atoms with van der Waals surface area (Å²) >= 11 is 3.21. The van der Waals surface area contributed by atoms with Gasteiger partial charge in [-0.05, 0) is 41.1 Å². The first-order valence-electron chi connectivity index (χ1n) is 4.49. The predicted molar refractivity (Wildman–Crippen MR) is 62.7 cm³/mol. The Balaban J connectivity index is 2.64. The van der Waals surface area contributed by atoms with Gasteiger partial charge in [0.2, 0.25) is 0 Å². The van der Waals surface area contributed by atoms with Crippen molar-refractivity contribution in [2.75, 3.05) is 0 Å². The molecule has 0 saturated carbocycles. The molecular formula is C11H9BrN2O. The standard InChI is InChI=1S/C11H9BrN2O/c1-7-8(6-9(12)11(15)14-7)10-4-2-3-5-13-10/h2-6H,1H3,(H,14,15). The monoisotopic (exact) mass is 264 g/mol. The predicted octanol–water partition coefficient (Wildman–Crippen LogP) is 2.51. The van der Waals surface area contributed by atoms with Gasteiger partial charge in [0.15, 0.2) is 0 Å². The van der Waals surface area contributed by atoms with Crippen LogP contribution in [0.2, 0.25) is 0 Å². The number of nitrogens with zero attached hydrogens (tertiary/aromatic N) is 1. The molecule has 2 aromatic heterocycles. The van der Waals surface area contributed by atoms with Crippen LogP contribution in [0.3, 0.4) is 0 Å². The van der Waals surface area contributed by atoms with E-state index in [2.05, 4.69) is 25.9 Å². The Labute approximate surface area is 95.3 Å². The fourth-order valence-corrected chi connectivity index (χ4v) is 1.71. The van der Waals surface area contributed by atoms with Gasteiger partial charge in [-0.15, -0.1) is 0 Å². The molecule has 2 rings (SSSR count). The van der Waals surface area contributed by atoms with Crippen LogP contribution in [0.1, 0.15) is 5.69 Å². The van der Waals surface area contributed by atoms with Crippen LogP contribution in [-0.2, 0) is 0 Å². The Hall–Kier alpha value is -1.42. The van der Waals surface area contributed by atoms with Gasteiger partial charge in [0.05, 0.1) is 10.2 Å². The number of H-pyrrole nitrogens is 1. The molecule has 3 nitrogen and oxygen atoms in total. The van der Waals surface area contributed by atoms with E-state index in [0.29, 0.717) is 4.47 Å². The van der Waals surface area contributed by atoms with E-state index in [4.69, 9.17) is 0 Å². The van der Waals surface area contributed by atoms with Crippen LogP contribution >= 0.6 is 15.9 Å². The van der Waals surface area contributed by atoms with Crippen molar-refractivity contribution in [1.29, 1.82) is 0 Å². The number of nitrogens with one attached hydrogen (secondary N) is 1. The zero-order valence-corrected chi connectivity index (χ0v) is 9.71. The number of aromatic amines is 1. The summed E-state index contributed by atoms with van der Waals surface area (Å²) in [4.78, 5) is 18.3. The van der Waals surface area contributed by atoms with Crippen LogP contribution in [0.5, 0.6) is 0 Å². The maximum Gasteiger partial charge on any atom is 0.262 e. The van der Waals surface area contributed by atoms with Crippen LogP contribution in [0.15, 0.2) is 39.7 Å². The molecule has 0 amide bonds. The fourth-order valence-electron chi connectivity index (χ4n) is 1.39. The molecule has 0 aromatic carbocycles. The lowest BCUT2D eigenvalue weighted by molar-refractivity contribution is 1.12. The Kier molecular flexibility index (Phi) is 2.68. The number of hydrogen-bond donors (Lipinski definition) is 1. The molecule has 0 atom stereocenters. The molecule has 0 unspecified atom stereocenters. The molecule has 2 heterocycles. The molecule has 2 aromatic rings. The smallest absolute Gasteiger partial charge is 0.262 e. The second-order valence-electron chi connectivity index (χ2n) is 3.20. The third-order valence-corrected chi connectivity index (χ3v) is 2.72. The highest BCUT2D eigenvalue weighted by Crippen LogP contribution is 2.20. The first-order chi connectivity index (χ1) is 7.18. The Morgan fingerprint density at radius 2 is 2.20 bits per heavy atom. The summed E-state index contributed by atoms with van der Waals surface area (Å²) in [6.45, 7) is 1.86. The van der Waals surface area contributed by atoms with Crippen LogP contribution in [0.4, 0.5) is 0 Å². The second-order valence-corrected chi connectivity index (χ2v) is 4.05. The van der Waals surface area contributed by atoms with Crippen LogP contribution < -0.4 is 5.56 Å². The van der Waals surface area contributed by atoms with Crippen molar-refractivity contribution in [3.05, 3.63) is 51.0 Å². The summed E-state index contributed by atoms with van der Waals surface area (Å²) < 4.78 is 0.522. The minimum absolute atomic E-state index is 0.118. The highest BCUT2D eigenvalue weighted by Gasteiger charge is 2.06. The van der Waals surface area contributed by atoms with Gasteiger partial charge in [-0.3, -0.25) is 9.78 Å². The van der Waals surface area contributed by atoms with E-state index in [1.807, 2.05) is 25.1 Å². The first kappa shape index (κ1) is 10.1. The van der Waals surface area contributed by atoms with E-state index in [0.717, 1.165) is 17.0 Å². The number of aryl methyl sites for hydroxylation is 1. The molecule has 76 valence electrons. The number of pyridine rings is 2. The summed E-state index contributed by atoms with van der Waals surface area (Å²) in [6, 6.07) is 7.48. The van der Waals surface area contributed by atoms with Crippen LogP contribution in [-0.4, -0.2) is 9.97 Å². The molecule has 0 spiro atoms. The normalized spacial score (nSPS) is 10.3. The van der Waals surface area contributed by atoms with E-state index in [1.165, 1.54) is 0 Å².